The van der Waals surface area contributed by atoms with Gasteiger partial charge in [0.15, 0.2) is 0 Å². The quantitative estimate of drug-likeness (QED) is 0.297. The van der Waals surface area contributed by atoms with Gasteiger partial charge >= 0.3 is 0 Å². The summed E-state index contributed by atoms with van der Waals surface area (Å²) in [6.45, 7) is 12.8. The molecule has 0 fully saturated rings. The van der Waals surface area contributed by atoms with E-state index in [4.69, 9.17) is 5.10 Å². The summed E-state index contributed by atoms with van der Waals surface area (Å²) in [5.41, 5.74) is 6.88. The highest BCUT2D eigenvalue weighted by molar-refractivity contribution is 5.56. The van der Waals surface area contributed by atoms with Gasteiger partial charge in [-0.1, -0.05) is 87.5 Å². The Bertz CT molecular complexity index is 1230. The molecule has 1 heterocycles. The summed E-state index contributed by atoms with van der Waals surface area (Å²) in [5.74, 6) is 1.58. The van der Waals surface area contributed by atoms with Crippen molar-refractivity contribution in [3.8, 4) is 5.69 Å². The number of rotatable bonds is 8. The molecule has 2 N–H and O–H groups in total. The lowest BCUT2D eigenvalue weighted by Crippen LogP contribution is -2.13. The summed E-state index contributed by atoms with van der Waals surface area (Å²) >= 11 is 0. The number of hydrogen-bond acceptors (Lipinski definition) is 3. The summed E-state index contributed by atoms with van der Waals surface area (Å²) in [7, 11) is 0. The highest BCUT2D eigenvalue weighted by atomic mass is 15.3. The predicted molar refractivity (Wildman–Crippen MR) is 144 cm³/mol. The number of aryl methyl sites for hydroxylation is 3. The van der Waals surface area contributed by atoms with Crippen LogP contribution in [0.5, 0.6) is 0 Å². The molecule has 4 nitrogen and oxygen atoms in total. The molecule has 0 spiro atoms. The molecule has 0 unspecified atom stereocenters. The van der Waals surface area contributed by atoms with Gasteiger partial charge in [-0.05, 0) is 55.2 Å². The summed E-state index contributed by atoms with van der Waals surface area (Å²) in [6, 6.07) is 29.6. The van der Waals surface area contributed by atoms with E-state index in [2.05, 4.69) is 130 Å². The minimum Gasteiger partial charge on any atom is -0.342 e. The van der Waals surface area contributed by atoms with Crippen molar-refractivity contribution in [2.75, 3.05) is 10.6 Å². The number of benzene rings is 3. The smallest absolute Gasteiger partial charge is 0.135 e. The molecule has 174 valence electrons. The van der Waals surface area contributed by atoms with E-state index in [1.54, 1.807) is 0 Å². The van der Waals surface area contributed by atoms with Gasteiger partial charge in [0.2, 0.25) is 0 Å². The number of anilines is 2. The Morgan fingerprint density at radius 1 is 0.824 bits per heavy atom. The summed E-state index contributed by atoms with van der Waals surface area (Å²) in [6.07, 6.45) is 2.07. The molecule has 0 aliphatic carbocycles. The Morgan fingerprint density at radius 3 is 2.06 bits per heavy atom. The summed E-state index contributed by atoms with van der Waals surface area (Å²) < 4.78 is 1.94. The van der Waals surface area contributed by atoms with Crippen LogP contribution in [0.4, 0.5) is 11.5 Å². The third-order valence-corrected chi connectivity index (χ3v) is 5.83. The Kier molecular flexibility index (Phi) is 6.87. The molecule has 0 atom stereocenters. The Balaban J connectivity index is 1.44. The normalized spacial score (nSPS) is 11.3. The van der Waals surface area contributed by atoms with E-state index in [1.807, 2.05) is 4.68 Å². The maximum atomic E-state index is 4.88. The van der Waals surface area contributed by atoms with Crippen LogP contribution in [0.3, 0.4) is 0 Å². The van der Waals surface area contributed by atoms with Crippen LogP contribution in [0.25, 0.3) is 5.69 Å². The van der Waals surface area contributed by atoms with Crippen molar-refractivity contribution in [2.45, 2.75) is 46.0 Å². The van der Waals surface area contributed by atoms with Gasteiger partial charge in [0.1, 0.15) is 11.6 Å². The zero-order chi connectivity index (χ0) is 24.1. The number of hydrogen-bond donors (Lipinski definition) is 2. The molecule has 0 aliphatic rings. The van der Waals surface area contributed by atoms with Gasteiger partial charge in [0, 0.05) is 17.2 Å². The van der Waals surface area contributed by atoms with Gasteiger partial charge in [0.25, 0.3) is 0 Å². The molecule has 0 saturated carbocycles. The SMILES string of the molecule is C=C(Nc1ccc(CCc2ccccc2)cc1)Nc1cc(C(C)(C)C)nn1-c1ccc(C)cc1. The van der Waals surface area contributed by atoms with E-state index in [0.29, 0.717) is 5.82 Å². The lowest BCUT2D eigenvalue weighted by atomic mass is 9.92. The lowest BCUT2D eigenvalue weighted by molar-refractivity contribution is 0.560. The zero-order valence-corrected chi connectivity index (χ0v) is 20.6. The molecular weight excluding hydrogens is 416 g/mol. The molecule has 0 bridgehead atoms. The molecule has 4 heteroatoms. The molecule has 34 heavy (non-hydrogen) atoms. The Labute approximate surface area is 203 Å². The van der Waals surface area contributed by atoms with Crippen molar-refractivity contribution in [1.29, 1.82) is 0 Å². The van der Waals surface area contributed by atoms with E-state index in [9.17, 15) is 0 Å². The largest absolute Gasteiger partial charge is 0.342 e. The second kappa shape index (κ2) is 10.0. The van der Waals surface area contributed by atoms with Crippen molar-refractivity contribution < 1.29 is 0 Å². The third kappa shape index (κ3) is 5.96. The van der Waals surface area contributed by atoms with Gasteiger partial charge < -0.3 is 10.6 Å². The van der Waals surface area contributed by atoms with E-state index < -0.39 is 0 Å². The van der Waals surface area contributed by atoms with Gasteiger partial charge in [-0.25, -0.2) is 4.68 Å². The number of nitrogens with zero attached hydrogens (tertiary/aromatic N) is 2. The molecule has 0 saturated heterocycles. The minimum atomic E-state index is -0.0588. The number of nitrogens with one attached hydrogen (secondary N) is 2. The van der Waals surface area contributed by atoms with Gasteiger partial charge in [-0.3, -0.25) is 0 Å². The fourth-order valence-electron chi connectivity index (χ4n) is 3.77. The van der Waals surface area contributed by atoms with E-state index >= 15 is 0 Å². The average Bonchev–Trinajstić information content (AvgIpc) is 3.24. The molecule has 3 aromatic carbocycles. The van der Waals surface area contributed by atoms with Crippen molar-refractivity contribution in [3.05, 3.63) is 120 Å². The predicted octanol–water partition coefficient (Wildman–Crippen LogP) is 7.26. The zero-order valence-electron chi connectivity index (χ0n) is 20.6. The van der Waals surface area contributed by atoms with Crippen molar-refractivity contribution in [1.82, 2.24) is 9.78 Å². The fourth-order valence-corrected chi connectivity index (χ4v) is 3.77. The van der Waals surface area contributed by atoms with Crippen molar-refractivity contribution in [3.63, 3.8) is 0 Å². The first-order valence-electron chi connectivity index (χ1n) is 11.8. The van der Waals surface area contributed by atoms with E-state index in [1.165, 1.54) is 16.7 Å². The standard InChI is InChI=1S/C30H34N4/c1-22-11-19-27(20-12-22)34-29(21-28(33-34)30(3,4)5)32-23(2)31-26-17-15-25(16-18-26)14-13-24-9-7-6-8-10-24/h6-12,15-21,31-32H,2,13-14H2,1,3-5H3. The highest BCUT2D eigenvalue weighted by Crippen LogP contribution is 2.27. The molecule has 4 aromatic rings. The molecular formula is C30H34N4. The van der Waals surface area contributed by atoms with Crippen LogP contribution in [-0.2, 0) is 18.3 Å². The lowest BCUT2D eigenvalue weighted by Gasteiger charge is -2.14. The van der Waals surface area contributed by atoms with Crippen molar-refractivity contribution >= 4 is 11.5 Å². The van der Waals surface area contributed by atoms with Crippen LogP contribution in [0, 0.1) is 6.92 Å². The van der Waals surface area contributed by atoms with Crippen LogP contribution >= 0.6 is 0 Å². The molecule has 1 aromatic heterocycles. The first kappa shape index (κ1) is 23.4. The maximum absolute atomic E-state index is 4.88. The van der Waals surface area contributed by atoms with Crippen LogP contribution < -0.4 is 10.6 Å². The van der Waals surface area contributed by atoms with Gasteiger partial charge in [-0.15, -0.1) is 0 Å². The summed E-state index contributed by atoms with van der Waals surface area (Å²) in [4.78, 5) is 0. The van der Waals surface area contributed by atoms with E-state index in [-0.39, 0.29) is 5.41 Å². The first-order valence-corrected chi connectivity index (χ1v) is 11.8. The average molecular weight is 451 g/mol. The topological polar surface area (TPSA) is 41.9 Å². The van der Waals surface area contributed by atoms with Crippen molar-refractivity contribution in [2.24, 2.45) is 0 Å². The molecule has 4 rings (SSSR count). The maximum Gasteiger partial charge on any atom is 0.135 e. The highest BCUT2D eigenvalue weighted by Gasteiger charge is 2.21. The second-order valence-electron chi connectivity index (χ2n) is 9.82. The monoisotopic (exact) mass is 450 g/mol. The minimum absolute atomic E-state index is 0.0588. The number of aromatic nitrogens is 2. The van der Waals surface area contributed by atoms with Crippen LogP contribution in [-0.4, -0.2) is 9.78 Å². The molecule has 0 aliphatic heterocycles. The van der Waals surface area contributed by atoms with Gasteiger partial charge in [-0.2, -0.15) is 5.10 Å². The fraction of sp³-hybridized carbons (Fsp3) is 0.233. The first-order chi connectivity index (χ1) is 16.3. The second-order valence-corrected chi connectivity index (χ2v) is 9.82. The van der Waals surface area contributed by atoms with Gasteiger partial charge in [0.05, 0.1) is 11.4 Å². The third-order valence-electron chi connectivity index (χ3n) is 5.83. The van der Waals surface area contributed by atoms with Crippen LogP contribution in [0.15, 0.2) is 97.3 Å². The summed E-state index contributed by atoms with van der Waals surface area (Å²) in [5, 5.41) is 11.7. The molecule has 0 radical (unpaired) electrons. The Hall–Kier alpha value is -3.79. The van der Waals surface area contributed by atoms with Crippen LogP contribution in [0.2, 0.25) is 0 Å². The Morgan fingerprint density at radius 2 is 1.44 bits per heavy atom. The molecule has 0 amide bonds. The van der Waals surface area contributed by atoms with Crippen LogP contribution in [0.1, 0.15) is 43.2 Å². The van der Waals surface area contributed by atoms with E-state index in [0.717, 1.165) is 35.7 Å².